The fourth-order valence-corrected chi connectivity index (χ4v) is 4.12. The fourth-order valence-electron chi connectivity index (χ4n) is 2.83. The molecule has 1 aromatic heterocycles. The van der Waals surface area contributed by atoms with E-state index in [1.54, 1.807) is 32.4 Å². The number of amides is 1. The number of nitrogens with zero attached hydrogens (tertiary/aromatic N) is 4. The molecule has 3 aromatic rings. The summed E-state index contributed by atoms with van der Waals surface area (Å²) in [5, 5.41) is 14.0. The number of benzene rings is 2. The monoisotopic (exact) mass is 493 g/mol. The average molecular weight is 494 g/mol. The van der Waals surface area contributed by atoms with Crippen molar-refractivity contribution in [2.75, 3.05) is 20.0 Å². The van der Waals surface area contributed by atoms with Gasteiger partial charge in [-0.2, -0.15) is 5.10 Å². The fraction of sp³-hybridized carbons (Fsp3) is 0.238. The van der Waals surface area contributed by atoms with Crippen LogP contribution in [-0.4, -0.2) is 46.9 Å². The number of hydrazone groups is 1. The molecule has 0 unspecified atom stereocenters. The van der Waals surface area contributed by atoms with Gasteiger partial charge in [-0.05, 0) is 37.3 Å². The minimum Gasteiger partial charge on any atom is -0.493 e. The Balaban J connectivity index is 1.67. The summed E-state index contributed by atoms with van der Waals surface area (Å²) in [5.41, 5.74) is 3.83. The zero-order chi connectivity index (χ0) is 23.1. The minimum absolute atomic E-state index is 0.109. The third-order valence-electron chi connectivity index (χ3n) is 4.39. The van der Waals surface area contributed by atoms with Crippen LogP contribution in [-0.2, 0) is 11.3 Å². The summed E-state index contributed by atoms with van der Waals surface area (Å²) in [4.78, 5) is 12.2. The second-order valence-electron chi connectivity index (χ2n) is 6.34. The van der Waals surface area contributed by atoms with E-state index >= 15 is 0 Å². The van der Waals surface area contributed by atoms with Crippen LogP contribution in [0.4, 0.5) is 0 Å². The Morgan fingerprint density at radius 1 is 1.16 bits per heavy atom. The number of carbonyl (C=O) groups excluding carboxylic acids is 1. The average Bonchev–Trinajstić information content (AvgIpc) is 3.22. The number of nitrogens with one attached hydrogen (secondary N) is 1. The van der Waals surface area contributed by atoms with Crippen LogP contribution in [0.15, 0.2) is 46.7 Å². The van der Waals surface area contributed by atoms with Gasteiger partial charge in [0.05, 0.1) is 36.2 Å². The van der Waals surface area contributed by atoms with Gasteiger partial charge in [-0.15, -0.1) is 10.2 Å². The summed E-state index contributed by atoms with van der Waals surface area (Å²) in [6.45, 7) is 2.61. The SMILES string of the molecule is CCn1c(SCC(=O)N/N=C\c2c(Cl)cccc2Cl)nnc1-c1ccc(OC)c(OC)c1. The van der Waals surface area contributed by atoms with Crippen LogP contribution in [0.25, 0.3) is 11.4 Å². The number of aromatic nitrogens is 3. The molecule has 0 aliphatic rings. The Kier molecular flexibility index (Phi) is 8.38. The topological polar surface area (TPSA) is 90.6 Å². The number of hydrogen-bond donors (Lipinski definition) is 1. The molecule has 2 aromatic carbocycles. The number of hydrogen-bond acceptors (Lipinski definition) is 7. The van der Waals surface area contributed by atoms with Crippen molar-refractivity contribution in [2.45, 2.75) is 18.6 Å². The summed E-state index contributed by atoms with van der Waals surface area (Å²) in [6, 6.07) is 10.7. The van der Waals surface area contributed by atoms with Crippen molar-refractivity contribution in [1.29, 1.82) is 0 Å². The Labute approximate surface area is 199 Å². The quantitative estimate of drug-likeness (QED) is 0.267. The van der Waals surface area contributed by atoms with Crippen LogP contribution >= 0.6 is 35.0 Å². The van der Waals surface area contributed by atoms with Crippen molar-refractivity contribution in [1.82, 2.24) is 20.2 Å². The Bertz CT molecular complexity index is 1120. The molecule has 0 saturated heterocycles. The molecule has 3 rings (SSSR count). The van der Waals surface area contributed by atoms with Crippen LogP contribution in [0.3, 0.4) is 0 Å². The first kappa shape index (κ1) is 23.9. The van der Waals surface area contributed by atoms with Gasteiger partial charge >= 0.3 is 0 Å². The van der Waals surface area contributed by atoms with Crippen molar-refractivity contribution in [3.8, 4) is 22.9 Å². The number of ether oxygens (including phenoxy) is 2. The molecule has 0 aliphatic heterocycles. The van der Waals surface area contributed by atoms with E-state index in [9.17, 15) is 4.79 Å². The molecule has 0 fully saturated rings. The van der Waals surface area contributed by atoms with E-state index in [0.29, 0.717) is 44.6 Å². The summed E-state index contributed by atoms with van der Waals surface area (Å²) in [7, 11) is 3.16. The first-order chi connectivity index (χ1) is 15.5. The highest BCUT2D eigenvalue weighted by molar-refractivity contribution is 7.99. The van der Waals surface area contributed by atoms with E-state index in [2.05, 4.69) is 20.7 Å². The first-order valence-electron chi connectivity index (χ1n) is 9.52. The second kappa shape index (κ2) is 11.2. The second-order valence-corrected chi connectivity index (χ2v) is 8.09. The third-order valence-corrected chi connectivity index (χ3v) is 6.02. The summed E-state index contributed by atoms with van der Waals surface area (Å²) >= 11 is 13.4. The van der Waals surface area contributed by atoms with Gasteiger partial charge in [0.25, 0.3) is 5.91 Å². The number of halogens is 2. The maximum Gasteiger partial charge on any atom is 0.250 e. The van der Waals surface area contributed by atoms with E-state index in [4.69, 9.17) is 32.7 Å². The van der Waals surface area contributed by atoms with Gasteiger partial charge < -0.3 is 14.0 Å². The van der Waals surface area contributed by atoms with Crippen LogP contribution in [0, 0.1) is 0 Å². The predicted octanol–water partition coefficient (Wildman–Crippen LogP) is 4.53. The molecular formula is C21H21Cl2N5O3S. The lowest BCUT2D eigenvalue weighted by atomic mass is 10.2. The molecule has 0 atom stereocenters. The highest BCUT2D eigenvalue weighted by atomic mass is 35.5. The van der Waals surface area contributed by atoms with Gasteiger partial charge in [0, 0.05) is 17.7 Å². The van der Waals surface area contributed by atoms with Gasteiger partial charge in [0.15, 0.2) is 22.5 Å². The molecule has 0 bridgehead atoms. The summed E-state index contributed by atoms with van der Waals surface area (Å²) < 4.78 is 12.6. The van der Waals surface area contributed by atoms with Crippen molar-refractivity contribution in [2.24, 2.45) is 5.10 Å². The lowest BCUT2D eigenvalue weighted by molar-refractivity contribution is -0.118. The smallest absolute Gasteiger partial charge is 0.250 e. The molecule has 0 saturated carbocycles. The van der Waals surface area contributed by atoms with E-state index in [1.807, 2.05) is 29.7 Å². The highest BCUT2D eigenvalue weighted by Crippen LogP contribution is 2.32. The third kappa shape index (κ3) is 5.53. The Morgan fingerprint density at radius 2 is 1.88 bits per heavy atom. The predicted molar refractivity (Wildman–Crippen MR) is 127 cm³/mol. The maximum atomic E-state index is 12.2. The van der Waals surface area contributed by atoms with Crippen molar-refractivity contribution in [3.05, 3.63) is 52.0 Å². The van der Waals surface area contributed by atoms with Gasteiger partial charge in [-0.1, -0.05) is 41.0 Å². The van der Waals surface area contributed by atoms with Gasteiger partial charge in [-0.3, -0.25) is 4.79 Å². The molecule has 0 radical (unpaired) electrons. The van der Waals surface area contributed by atoms with E-state index < -0.39 is 0 Å². The number of methoxy groups -OCH3 is 2. The zero-order valence-electron chi connectivity index (χ0n) is 17.6. The van der Waals surface area contributed by atoms with Gasteiger partial charge in [0.1, 0.15) is 0 Å². The molecule has 1 heterocycles. The summed E-state index contributed by atoms with van der Waals surface area (Å²) in [6.07, 6.45) is 1.41. The number of rotatable bonds is 9. The molecule has 168 valence electrons. The van der Waals surface area contributed by atoms with E-state index in [-0.39, 0.29) is 11.7 Å². The highest BCUT2D eigenvalue weighted by Gasteiger charge is 2.16. The van der Waals surface area contributed by atoms with Gasteiger partial charge in [0.2, 0.25) is 0 Å². The molecule has 0 aliphatic carbocycles. The van der Waals surface area contributed by atoms with Crippen LogP contribution in [0.2, 0.25) is 10.0 Å². The van der Waals surface area contributed by atoms with Crippen molar-refractivity contribution < 1.29 is 14.3 Å². The molecule has 11 heteroatoms. The van der Waals surface area contributed by atoms with E-state index in [0.717, 1.165) is 5.56 Å². The van der Waals surface area contributed by atoms with Crippen molar-refractivity contribution in [3.63, 3.8) is 0 Å². The van der Waals surface area contributed by atoms with Gasteiger partial charge in [-0.25, -0.2) is 5.43 Å². The standard InChI is InChI=1S/C21H21Cl2N5O3S/c1-4-28-20(13-8-9-17(30-2)18(10-13)31-3)26-27-21(28)32-12-19(29)25-24-11-14-15(22)6-5-7-16(14)23/h5-11H,4,12H2,1-3H3,(H,25,29)/b24-11-. The summed E-state index contributed by atoms with van der Waals surface area (Å²) in [5.74, 6) is 1.71. The largest absolute Gasteiger partial charge is 0.493 e. The van der Waals surface area contributed by atoms with Crippen LogP contribution in [0.5, 0.6) is 11.5 Å². The lowest BCUT2D eigenvalue weighted by Gasteiger charge is -2.10. The minimum atomic E-state index is -0.298. The molecule has 32 heavy (non-hydrogen) atoms. The first-order valence-corrected chi connectivity index (χ1v) is 11.3. The van der Waals surface area contributed by atoms with Crippen LogP contribution in [0.1, 0.15) is 12.5 Å². The van der Waals surface area contributed by atoms with Crippen molar-refractivity contribution >= 4 is 47.1 Å². The Morgan fingerprint density at radius 3 is 2.53 bits per heavy atom. The normalized spacial score (nSPS) is 11.0. The van der Waals surface area contributed by atoms with Crippen LogP contribution < -0.4 is 14.9 Å². The zero-order valence-corrected chi connectivity index (χ0v) is 20.0. The Hall–Kier alpha value is -2.75. The molecule has 8 nitrogen and oxygen atoms in total. The number of thioether (sulfide) groups is 1. The lowest BCUT2D eigenvalue weighted by Crippen LogP contribution is -2.20. The molecule has 0 spiro atoms. The number of carbonyl (C=O) groups is 1. The molecular weight excluding hydrogens is 473 g/mol. The molecule has 1 N–H and O–H groups in total. The maximum absolute atomic E-state index is 12.2. The molecule has 1 amide bonds. The van der Waals surface area contributed by atoms with E-state index in [1.165, 1.54) is 18.0 Å².